The van der Waals surface area contributed by atoms with Gasteiger partial charge in [-0.3, -0.25) is 4.90 Å². The molecule has 1 atom stereocenters. The third-order valence-corrected chi connectivity index (χ3v) is 4.37. The largest absolute Gasteiger partial charge is 0.491 e. The second-order valence-electron chi connectivity index (χ2n) is 6.53. The van der Waals surface area contributed by atoms with Crippen molar-refractivity contribution >= 4 is 0 Å². The Morgan fingerprint density at radius 1 is 1.19 bits per heavy atom. The van der Waals surface area contributed by atoms with Crippen molar-refractivity contribution in [2.75, 3.05) is 46.0 Å². The van der Waals surface area contributed by atoms with Gasteiger partial charge in [-0.05, 0) is 29.8 Å². The van der Waals surface area contributed by atoms with E-state index in [2.05, 4.69) is 16.3 Å². The average molecular weight is 360 g/mol. The zero-order valence-electron chi connectivity index (χ0n) is 15.1. The van der Waals surface area contributed by atoms with Crippen LogP contribution < -0.4 is 10.1 Å². The standard InChI is InChI=1S/C20H28N2O4/c23-18(15-22-8-11-24-12-9-22)16-26-20-4-1-3-17(13-20)14-21-7-6-19-5-2-10-25-19/h1-5,10,13,18,21,23H,6-9,11-12,14-16H2/t18-/m1/s1. The number of aliphatic hydroxyl groups excluding tert-OH is 1. The van der Waals surface area contributed by atoms with Crippen LogP contribution in [0.5, 0.6) is 5.75 Å². The molecule has 0 saturated carbocycles. The highest BCUT2D eigenvalue weighted by Gasteiger charge is 2.15. The predicted molar refractivity (Wildman–Crippen MR) is 99.3 cm³/mol. The number of benzene rings is 1. The first-order valence-electron chi connectivity index (χ1n) is 9.22. The number of β-amino-alcohol motifs (C(OH)–C–C–N with tert-alkyl or cyclic N) is 1. The Hall–Kier alpha value is -1.86. The lowest BCUT2D eigenvalue weighted by Crippen LogP contribution is -2.42. The zero-order valence-corrected chi connectivity index (χ0v) is 15.1. The summed E-state index contributed by atoms with van der Waals surface area (Å²) in [5, 5.41) is 13.6. The molecule has 2 heterocycles. The normalized spacial score (nSPS) is 16.5. The molecule has 0 bridgehead atoms. The first kappa shape index (κ1) is 18.9. The van der Waals surface area contributed by atoms with E-state index in [1.165, 1.54) is 0 Å². The molecule has 1 fully saturated rings. The minimum absolute atomic E-state index is 0.298. The maximum absolute atomic E-state index is 10.2. The van der Waals surface area contributed by atoms with Crippen LogP contribution in [0.4, 0.5) is 0 Å². The summed E-state index contributed by atoms with van der Waals surface area (Å²) in [6, 6.07) is 11.9. The van der Waals surface area contributed by atoms with E-state index in [9.17, 15) is 5.11 Å². The molecule has 2 N–H and O–H groups in total. The van der Waals surface area contributed by atoms with Gasteiger partial charge in [-0.2, -0.15) is 0 Å². The van der Waals surface area contributed by atoms with Crippen molar-refractivity contribution in [3.8, 4) is 5.75 Å². The Bertz CT molecular complexity index is 627. The number of nitrogens with one attached hydrogen (secondary N) is 1. The molecule has 2 aromatic rings. The van der Waals surface area contributed by atoms with Gasteiger partial charge in [0.2, 0.25) is 0 Å². The van der Waals surface area contributed by atoms with Gasteiger partial charge in [0.25, 0.3) is 0 Å². The minimum Gasteiger partial charge on any atom is -0.491 e. The number of hydrogen-bond donors (Lipinski definition) is 2. The lowest BCUT2D eigenvalue weighted by atomic mass is 10.2. The number of nitrogens with zero attached hydrogens (tertiary/aromatic N) is 1. The van der Waals surface area contributed by atoms with Gasteiger partial charge in [-0.1, -0.05) is 12.1 Å². The third-order valence-electron chi connectivity index (χ3n) is 4.37. The molecule has 0 amide bonds. The highest BCUT2D eigenvalue weighted by atomic mass is 16.5. The summed E-state index contributed by atoms with van der Waals surface area (Å²) in [6.07, 6.45) is 2.07. The van der Waals surface area contributed by atoms with Gasteiger partial charge in [0.1, 0.15) is 24.2 Å². The van der Waals surface area contributed by atoms with Gasteiger partial charge >= 0.3 is 0 Å². The maximum atomic E-state index is 10.2. The van der Waals surface area contributed by atoms with Crippen LogP contribution in [-0.2, 0) is 17.7 Å². The van der Waals surface area contributed by atoms with E-state index in [1.807, 2.05) is 30.3 Å². The first-order valence-corrected chi connectivity index (χ1v) is 9.22. The summed E-state index contributed by atoms with van der Waals surface area (Å²) < 4.78 is 16.4. The fraction of sp³-hybridized carbons (Fsp3) is 0.500. The summed E-state index contributed by atoms with van der Waals surface area (Å²) in [6.45, 7) is 5.77. The molecule has 1 aliphatic heterocycles. The SMILES string of the molecule is O[C@@H](COc1cccc(CNCCc2ccco2)c1)CN1CCOCC1. The molecule has 6 heteroatoms. The number of furan rings is 1. The van der Waals surface area contributed by atoms with Crippen molar-refractivity contribution in [2.45, 2.75) is 19.1 Å². The van der Waals surface area contributed by atoms with Gasteiger partial charge in [-0.25, -0.2) is 0 Å². The number of aliphatic hydroxyl groups is 1. The van der Waals surface area contributed by atoms with Crippen molar-refractivity contribution in [1.29, 1.82) is 0 Å². The van der Waals surface area contributed by atoms with E-state index in [0.29, 0.717) is 13.2 Å². The predicted octanol–water partition coefficient (Wildman–Crippen LogP) is 1.68. The molecule has 1 saturated heterocycles. The molecule has 1 aromatic carbocycles. The molecule has 0 radical (unpaired) electrons. The Kier molecular flexibility index (Phi) is 7.51. The van der Waals surface area contributed by atoms with Crippen LogP contribution in [-0.4, -0.2) is 62.1 Å². The lowest BCUT2D eigenvalue weighted by molar-refractivity contribution is 0.00465. The smallest absolute Gasteiger partial charge is 0.119 e. The number of morpholine rings is 1. The second kappa shape index (κ2) is 10.3. The molecule has 0 aliphatic carbocycles. The third kappa shape index (κ3) is 6.46. The van der Waals surface area contributed by atoms with Crippen molar-refractivity contribution in [2.24, 2.45) is 0 Å². The van der Waals surface area contributed by atoms with E-state index in [4.69, 9.17) is 13.9 Å². The Balaban J connectivity index is 1.36. The topological polar surface area (TPSA) is 67.1 Å². The van der Waals surface area contributed by atoms with Crippen LogP contribution >= 0.6 is 0 Å². The molecule has 1 aliphatic rings. The van der Waals surface area contributed by atoms with Gasteiger partial charge in [0, 0.05) is 39.1 Å². The molecular weight excluding hydrogens is 332 g/mol. The van der Waals surface area contributed by atoms with E-state index in [1.54, 1.807) is 6.26 Å². The van der Waals surface area contributed by atoms with Crippen LogP contribution in [0.2, 0.25) is 0 Å². The van der Waals surface area contributed by atoms with Crippen molar-refractivity contribution in [3.63, 3.8) is 0 Å². The average Bonchev–Trinajstić information content (AvgIpc) is 3.18. The van der Waals surface area contributed by atoms with Crippen molar-refractivity contribution < 1.29 is 19.0 Å². The molecular formula is C20H28N2O4. The Morgan fingerprint density at radius 2 is 2.08 bits per heavy atom. The van der Waals surface area contributed by atoms with Crippen molar-refractivity contribution in [3.05, 3.63) is 54.0 Å². The second-order valence-corrected chi connectivity index (χ2v) is 6.53. The van der Waals surface area contributed by atoms with Crippen LogP contribution in [0.25, 0.3) is 0 Å². The summed E-state index contributed by atoms with van der Waals surface area (Å²) in [5.74, 6) is 1.78. The van der Waals surface area contributed by atoms with Crippen molar-refractivity contribution in [1.82, 2.24) is 10.2 Å². The molecule has 6 nitrogen and oxygen atoms in total. The minimum atomic E-state index is -0.497. The van der Waals surface area contributed by atoms with E-state index < -0.39 is 6.10 Å². The Labute approximate surface area is 154 Å². The number of rotatable bonds is 10. The molecule has 3 rings (SSSR count). The first-order chi connectivity index (χ1) is 12.8. The lowest BCUT2D eigenvalue weighted by Gasteiger charge is -2.28. The summed E-state index contributed by atoms with van der Waals surface area (Å²) in [7, 11) is 0. The Morgan fingerprint density at radius 3 is 2.88 bits per heavy atom. The molecule has 0 unspecified atom stereocenters. The van der Waals surface area contributed by atoms with Crippen LogP contribution in [0, 0.1) is 0 Å². The highest BCUT2D eigenvalue weighted by Crippen LogP contribution is 2.14. The fourth-order valence-corrected chi connectivity index (χ4v) is 2.97. The summed E-state index contributed by atoms with van der Waals surface area (Å²) >= 11 is 0. The van der Waals surface area contributed by atoms with E-state index >= 15 is 0 Å². The van der Waals surface area contributed by atoms with Gasteiger partial charge in [-0.15, -0.1) is 0 Å². The van der Waals surface area contributed by atoms with Crippen LogP contribution in [0.1, 0.15) is 11.3 Å². The summed E-state index contributed by atoms with van der Waals surface area (Å²) in [4.78, 5) is 2.21. The maximum Gasteiger partial charge on any atom is 0.119 e. The van der Waals surface area contributed by atoms with E-state index in [0.717, 1.165) is 62.9 Å². The molecule has 0 spiro atoms. The van der Waals surface area contributed by atoms with Gasteiger partial charge in [0.05, 0.1) is 19.5 Å². The van der Waals surface area contributed by atoms with Gasteiger partial charge < -0.3 is 24.3 Å². The monoisotopic (exact) mass is 360 g/mol. The molecule has 142 valence electrons. The molecule has 1 aromatic heterocycles. The van der Waals surface area contributed by atoms with Crippen LogP contribution in [0.15, 0.2) is 47.1 Å². The quantitative estimate of drug-likeness (QED) is 0.629. The number of hydrogen-bond acceptors (Lipinski definition) is 6. The molecule has 26 heavy (non-hydrogen) atoms. The highest BCUT2D eigenvalue weighted by molar-refractivity contribution is 5.28. The van der Waals surface area contributed by atoms with Gasteiger partial charge in [0.15, 0.2) is 0 Å². The fourth-order valence-electron chi connectivity index (χ4n) is 2.97. The summed E-state index contributed by atoms with van der Waals surface area (Å²) in [5.41, 5.74) is 1.16. The van der Waals surface area contributed by atoms with E-state index in [-0.39, 0.29) is 0 Å². The number of ether oxygens (including phenoxy) is 2. The van der Waals surface area contributed by atoms with Crippen LogP contribution in [0.3, 0.4) is 0 Å². The zero-order chi connectivity index (χ0) is 18.0.